The zero-order valence-corrected chi connectivity index (χ0v) is 23.7. The average Bonchev–Trinajstić information content (AvgIpc) is 3.56. The van der Waals surface area contributed by atoms with E-state index in [1.54, 1.807) is 50.2 Å². The first-order chi connectivity index (χ1) is 18.2. The molecule has 2 aromatic carbocycles. The molecule has 0 spiro atoms. The Morgan fingerprint density at radius 2 is 1.89 bits per heavy atom. The Hall–Kier alpha value is -2.83. The second-order valence-corrected chi connectivity index (χ2v) is 12.4. The minimum absolute atomic E-state index is 0.115. The molecule has 1 aliphatic heterocycles. The number of amides is 1. The van der Waals surface area contributed by atoms with E-state index in [0.717, 1.165) is 11.3 Å². The summed E-state index contributed by atoms with van der Waals surface area (Å²) in [7, 11) is 0. The summed E-state index contributed by atoms with van der Waals surface area (Å²) in [4.78, 5) is 32.9. The van der Waals surface area contributed by atoms with Gasteiger partial charge in [-0.05, 0) is 43.2 Å². The van der Waals surface area contributed by atoms with Crippen molar-refractivity contribution in [2.75, 3.05) is 4.90 Å². The highest BCUT2D eigenvalue weighted by Crippen LogP contribution is 2.45. The zero-order valence-electron chi connectivity index (χ0n) is 19.7. The van der Waals surface area contributed by atoms with Crippen molar-refractivity contribution in [2.45, 2.75) is 30.0 Å². The number of carbonyl (C=O) groups is 2. The first kappa shape index (κ1) is 26.8. The van der Waals surface area contributed by atoms with E-state index >= 15 is 0 Å². The van der Waals surface area contributed by atoms with Crippen LogP contribution in [0.15, 0.2) is 58.1 Å². The third-order valence-electron chi connectivity index (χ3n) is 5.73. The van der Waals surface area contributed by atoms with E-state index in [9.17, 15) is 19.1 Å². The fourth-order valence-electron chi connectivity index (χ4n) is 4.01. The summed E-state index contributed by atoms with van der Waals surface area (Å²) in [6, 6.07) is 10.1. The van der Waals surface area contributed by atoms with Crippen LogP contribution in [0.25, 0.3) is 0 Å². The van der Waals surface area contributed by atoms with E-state index < -0.39 is 23.5 Å². The van der Waals surface area contributed by atoms with E-state index in [2.05, 4.69) is 15.2 Å². The normalized spacial score (nSPS) is 15.6. The zero-order chi connectivity index (χ0) is 27.1. The monoisotopic (exact) mass is 606 g/mol. The van der Waals surface area contributed by atoms with E-state index in [0.29, 0.717) is 41.8 Å². The van der Waals surface area contributed by atoms with Crippen LogP contribution in [0.3, 0.4) is 0 Å². The molecule has 0 bridgehead atoms. The molecular weight excluding hydrogens is 590 g/mol. The van der Waals surface area contributed by atoms with Gasteiger partial charge in [-0.15, -0.1) is 21.5 Å². The number of benzene rings is 2. The third kappa shape index (κ3) is 4.96. The summed E-state index contributed by atoms with van der Waals surface area (Å²) in [5.41, 5.74) is 1.34. The van der Waals surface area contributed by atoms with E-state index in [-0.39, 0.29) is 21.5 Å². The molecule has 1 unspecified atom stereocenters. The molecule has 13 heteroatoms. The number of rotatable bonds is 7. The number of thioether (sulfide) groups is 1. The van der Waals surface area contributed by atoms with Gasteiger partial charge in [0.15, 0.2) is 10.1 Å². The van der Waals surface area contributed by atoms with Gasteiger partial charge in [-0.3, -0.25) is 14.5 Å². The van der Waals surface area contributed by atoms with Gasteiger partial charge >= 0.3 is 0 Å². The lowest BCUT2D eigenvalue weighted by Gasteiger charge is -2.24. The quantitative estimate of drug-likeness (QED) is 0.136. The number of aliphatic hydroxyl groups is 1. The molecule has 7 nitrogen and oxygen atoms in total. The molecular formula is C25H17Cl2FN4O3S3. The van der Waals surface area contributed by atoms with Crippen molar-refractivity contribution in [3.63, 3.8) is 0 Å². The number of halogens is 3. The number of aryl methyl sites for hydroxylation is 2. The fourth-order valence-corrected chi connectivity index (χ4v) is 7.04. The molecule has 5 rings (SSSR count). The number of aromatic nitrogens is 3. The van der Waals surface area contributed by atoms with Crippen LogP contribution in [0.4, 0.5) is 9.52 Å². The van der Waals surface area contributed by atoms with Crippen LogP contribution >= 0.6 is 57.6 Å². The minimum atomic E-state index is -1.04. The lowest BCUT2D eigenvalue weighted by molar-refractivity contribution is -0.117. The topological polar surface area (TPSA) is 96.3 Å². The summed E-state index contributed by atoms with van der Waals surface area (Å²) < 4.78 is 14.5. The molecule has 0 saturated carbocycles. The Labute approximate surface area is 239 Å². The lowest BCUT2D eigenvalue weighted by atomic mass is 9.95. The Kier molecular flexibility index (Phi) is 7.56. The molecule has 2 aromatic heterocycles. The van der Waals surface area contributed by atoms with Crippen molar-refractivity contribution in [1.29, 1.82) is 0 Å². The van der Waals surface area contributed by atoms with Gasteiger partial charge in [-0.25, -0.2) is 9.37 Å². The van der Waals surface area contributed by atoms with Gasteiger partial charge < -0.3 is 5.11 Å². The number of aliphatic hydroxyl groups excluding tert-OH is 1. The molecule has 1 aliphatic rings. The summed E-state index contributed by atoms with van der Waals surface area (Å²) >= 11 is 15.9. The van der Waals surface area contributed by atoms with Crippen LogP contribution in [0.1, 0.15) is 37.5 Å². The molecule has 38 heavy (non-hydrogen) atoms. The highest BCUT2D eigenvalue weighted by Gasteiger charge is 2.46. The molecule has 194 valence electrons. The van der Waals surface area contributed by atoms with Gasteiger partial charge in [-0.1, -0.05) is 70.6 Å². The SMILES string of the molecule is Cc1nc(C)c(C(=O)C2=C(O)C(=O)N(c3nnc(SCc4ccccc4F)s3)C2c2ccc(Cl)c(Cl)c2)s1. The maximum absolute atomic E-state index is 14.0. The van der Waals surface area contributed by atoms with Crippen LogP contribution in [-0.2, 0) is 10.5 Å². The fraction of sp³-hybridized carbons (Fsp3) is 0.160. The third-order valence-corrected chi connectivity index (χ3v) is 9.65. The number of anilines is 1. The van der Waals surface area contributed by atoms with Crippen LogP contribution in [-0.4, -0.2) is 32.0 Å². The molecule has 0 fully saturated rings. The second-order valence-electron chi connectivity index (χ2n) is 8.22. The molecule has 1 N–H and O–H groups in total. The largest absolute Gasteiger partial charge is 0.503 e. The second kappa shape index (κ2) is 10.7. The van der Waals surface area contributed by atoms with Gasteiger partial charge in [0.2, 0.25) is 10.9 Å². The average molecular weight is 608 g/mol. The van der Waals surface area contributed by atoms with E-state index in [1.165, 1.54) is 34.1 Å². The van der Waals surface area contributed by atoms with Crippen LogP contribution < -0.4 is 4.90 Å². The van der Waals surface area contributed by atoms with Gasteiger partial charge in [0, 0.05) is 5.75 Å². The molecule has 0 aliphatic carbocycles. The molecule has 4 aromatic rings. The lowest BCUT2D eigenvalue weighted by Crippen LogP contribution is -2.31. The maximum atomic E-state index is 14.0. The van der Waals surface area contributed by atoms with Crippen LogP contribution in [0, 0.1) is 19.7 Å². The van der Waals surface area contributed by atoms with Crippen LogP contribution in [0.5, 0.6) is 0 Å². The highest BCUT2D eigenvalue weighted by molar-refractivity contribution is 8.00. The van der Waals surface area contributed by atoms with Crippen molar-refractivity contribution >= 4 is 74.5 Å². The van der Waals surface area contributed by atoms with Gasteiger partial charge in [0.25, 0.3) is 5.91 Å². The number of Topliss-reactive ketones (excluding diaryl/α,β-unsaturated/α-hetero) is 1. The van der Waals surface area contributed by atoms with Crippen LogP contribution in [0.2, 0.25) is 10.0 Å². The summed E-state index contributed by atoms with van der Waals surface area (Å²) in [5.74, 6) is -2.03. The summed E-state index contributed by atoms with van der Waals surface area (Å²) in [5, 5.41) is 20.6. The molecule has 1 atom stereocenters. The first-order valence-electron chi connectivity index (χ1n) is 11.1. The Morgan fingerprint density at radius 3 is 2.58 bits per heavy atom. The Morgan fingerprint density at radius 1 is 1.13 bits per heavy atom. The van der Waals surface area contributed by atoms with Crippen molar-refractivity contribution in [3.8, 4) is 0 Å². The first-order valence-corrected chi connectivity index (χ1v) is 14.4. The van der Waals surface area contributed by atoms with Gasteiger partial charge in [-0.2, -0.15) is 0 Å². The number of nitrogens with zero attached hydrogens (tertiary/aromatic N) is 4. The molecule has 0 radical (unpaired) electrons. The number of hydrogen-bond acceptors (Lipinski definition) is 9. The minimum Gasteiger partial charge on any atom is -0.503 e. The van der Waals surface area contributed by atoms with Crippen molar-refractivity contribution in [2.24, 2.45) is 0 Å². The Balaban J connectivity index is 1.53. The molecule has 0 saturated heterocycles. The number of carbonyl (C=O) groups excluding carboxylic acids is 2. The highest BCUT2D eigenvalue weighted by atomic mass is 35.5. The number of thiazole rings is 1. The summed E-state index contributed by atoms with van der Waals surface area (Å²) in [6.07, 6.45) is 0. The number of hydrogen-bond donors (Lipinski definition) is 1. The predicted molar refractivity (Wildman–Crippen MR) is 148 cm³/mol. The maximum Gasteiger partial charge on any atom is 0.296 e. The smallest absolute Gasteiger partial charge is 0.296 e. The molecule has 1 amide bonds. The van der Waals surface area contributed by atoms with Gasteiger partial charge in [0.1, 0.15) is 5.82 Å². The van der Waals surface area contributed by atoms with E-state index in [4.69, 9.17) is 23.2 Å². The Bertz CT molecular complexity index is 1620. The standard InChI is InChI=1S/C25H17Cl2FN4O3S3/c1-11-22(37-12(2)29-11)20(33)18-19(13-7-8-15(26)16(27)9-13)32(23(35)21(18)34)24-30-31-25(38-24)36-10-14-5-3-4-6-17(14)28/h3-9,19,34H,10H2,1-2H3. The van der Waals surface area contributed by atoms with Gasteiger partial charge in [0.05, 0.1) is 37.2 Å². The summed E-state index contributed by atoms with van der Waals surface area (Å²) in [6.45, 7) is 3.47. The molecule has 3 heterocycles. The van der Waals surface area contributed by atoms with Crippen molar-refractivity contribution in [1.82, 2.24) is 15.2 Å². The van der Waals surface area contributed by atoms with Crippen molar-refractivity contribution in [3.05, 3.63) is 96.4 Å². The predicted octanol–water partition coefficient (Wildman–Crippen LogP) is 7.13. The van der Waals surface area contributed by atoms with Crippen molar-refractivity contribution < 1.29 is 19.1 Å². The number of ketones is 1. The van der Waals surface area contributed by atoms with E-state index in [1.807, 2.05) is 0 Å².